The number of halogens is 3. The van der Waals surface area contributed by atoms with Gasteiger partial charge in [0.25, 0.3) is 0 Å². The summed E-state index contributed by atoms with van der Waals surface area (Å²) >= 11 is 4.73. The summed E-state index contributed by atoms with van der Waals surface area (Å²) in [4.78, 5) is 11.3. The number of nitriles is 1. The minimum absolute atomic E-state index is 0.0412. The highest BCUT2D eigenvalue weighted by Gasteiger charge is 2.15. The van der Waals surface area contributed by atoms with Crippen LogP contribution in [-0.4, -0.2) is 11.1 Å². The van der Waals surface area contributed by atoms with Gasteiger partial charge in [0, 0.05) is 5.56 Å². The number of ketones is 1. The van der Waals surface area contributed by atoms with Crippen LogP contribution in [0.4, 0.5) is 4.39 Å². The molecule has 1 aromatic carbocycles. The topological polar surface area (TPSA) is 40.9 Å². The van der Waals surface area contributed by atoms with Crippen molar-refractivity contribution < 1.29 is 9.18 Å². The van der Waals surface area contributed by atoms with Crippen LogP contribution in [0.1, 0.15) is 15.9 Å². The molecule has 0 spiro atoms. The van der Waals surface area contributed by atoms with Gasteiger partial charge in [0.05, 0.1) is 14.5 Å². The van der Waals surface area contributed by atoms with Crippen molar-refractivity contribution in [2.75, 3.05) is 5.33 Å². The quantitative estimate of drug-likeness (QED) is 0.458. The van der Waals surface area contributed by atoms with Gasteiger partial charge in [-0.25, -0.2) is 4.39 Å². The molecule has 0 radical (unpaired) electrons. The zero-order valence-electron chi connectivity index (χ0n) is 6.85. The number of alkyl halides is 1. The lowest BCUT2D eigenvalue weighted by Crippen LogP contribution is -2.05. The van der Waals surface area contributed by atoms with Crippen LogP contribution < -0.4 is 0 Å². The molecule has 1 aromatic rings. The van der Waals surface area contributed by atoms with Crippen LogP contribution in [0.2, 0.25) is 0 Å². The molecule has 72 valence electrons. The monoisotopic (exact) mass is 367 g/mol. The molecule has 0 unspecified atom stereocenters. The molecular weight excluding hydrogens is 364 g/mol. The number of rotatable bonds is 2. The van der Waals surface area contributed by atoms with Gasteiger partial charge >= 0.3 is 0 Å². The van der Waals surface area contributed by atoms with Crippen molar-refractivity contribution in [1.82, 2.24) is 0 Å². The molecule has 0 aromatic heterocycles. The van der Waals surface area contributed by atoms with E-state index in [1.54, 1.807) is 28.7 Å². The standard InChI is InChI=1S/C9H4BrFINO/c10-3-7(14)6-2-1-5(4-13)8(11)9(6)12/h1-2H,3H2. The van der Waals surface area contributed by atoms with Crippen molar-refractivity contribution in [2.45, 2.75) is 0 Å². The summed E-state index contributed by atoms with van der Waals surface area (Å²) in [7, 11) is 0. The summed E-state index contributed by atoms with van der Waals surface area (Å²) in [5.74, 6) is -0.822. The fraction of sp³-hybridized carbons (Fsp3) is 0.111. The number of hydrogen-bond acceptors (Lipinski definition) is 2. The maximum Gasteiger partial charge on any atom is 0.174 e. The maximum absolute atomic E-state index is 13.4. The molecule has 1 rings (SSSR count). The van der Waals surface area contributed by atoms with Crippen molar-refractivity contribution >= 4 is 44.3 Å². The van der Waals surface area contributed by atoms with Crippen molar-refractivity contribution in [3.05, 3.63) is 32.6 Å². The number of Topliss-reactive ketones (excluding diaryl/α,β-unsaturated/α-hetero) is 1. The molecule has 0 amide bonds. The largest absolute Gasteiger partial charge is 0.293 e. The number of carbonyl (C=O) groups is 1. The molecule has 14 heavy (non-hydrogen) atoms. The van der Waals surface area contributed by atoms with Gasteiger partial charge in [-0.3, -0.25) is 4.79 Å². The highest BCUT2D eigenvalue weighted by atomic mass is 127. The van der Waals surface area contributed by atoms with Crippen LogP contribution in [0.3, 0.4) is 0 Å². The van der Waals surface area contributed by atoms with Gasteiger partial charge in [-0.05, 0) is 34.7 Å². The van der Waals surface area contributed by atoms with Gasteiger partial charge in [-0.2, -0.15) is 5.26 Å². The zero-order chi connectivity index (χ0) is 10.7. The third-order valence-corrected chi connectivity index (χ3v) is 3.19. The Kier molecular flexibility index (Phi) is 4.01. The third-order valence-electron chi connectivity index (χ3n) is 1.62. The van der Waals surface area contributed by atoms with Crippen molar-refractivity contribution in [3.8, 4) is 6.07 Å². The fourth-order valence-electron chi connectivity index (χ4n) is 0.923. The second-order valence-corrected chi connectivity index (χ2v) is 4.10. The summed E-state index contributed by atoms with van der Waals surface area (Å²) < 4.78 is 13.6. The normalized spacial score (nSPS) is 9.57. The minimum atomic E-state index is -0.625. The van der Waals surface area contributed by atoms with Crippen LogP contribution in [0.15, 0.2) is 12.1 Å². The Bertz CT molecular complexity index is 428. The average Bonchev–Trinajstić information content (AvgIpc) is 2.21. The summed E-state index contributed by atoms with van der Waals surface area (Å²) in [6, 6.07) is 4.50. The second kappa shape index (κ2) is 4.84. The highest BCUT2D eigenvalue weighted by molar-refractivity contribution is 14.1. The van der Waals surface area contributed by atoms with E-state index in [1.807, 2.05) is 0 Å². The van der Waals surface area contributed by atoms with Crippen LogP contribution in [0, 0.1) is 20.7 Å². The van der Waals surface area contributed by atoms with E-state index >= 15 is 0 Å². The summed E-state index contributed by atoms with van der Waals surface area (Å²) in [6.45, 7) is 0. The van der Waals surface area contributed by atoms with Crippen LogP contribution in [0.5, 0.6) is 0 Å². The molecule has 2 nitrogen and oxygen atoms in total. The second-order valence-electron chi connectivity index (χ2n) is 2.46. The average molecular weight is 368 g/mol. The van der Waals surface area contributed by atoms with Crippen LogP contribution in [0.25, 0.3) is 0 Å². The minimum Gasteiger partial charge on any atom is -0.293 e. The lowest BCUT2D eigenvalue weighted by atomic mass is 10.1. The van der Waals surface area contributed by atoms with Gasteiger partial charge in [-0.1, -0.05) is 15.9 Å². The van der Waals surface area contributed by atoms with Gasteiger partial charge in [0.15, 0.2) is 11.6 Å². The van der Waals surface area contributed by atoms with E-state index in [0.717, 1.165) is 0 Å². The predicted octanol–water partition coefficient (Wildman–Crippen LogP) is 2.88. The molecule has 0 aliphatic carbocycles. The van der Waals surface area contributed by atoms with Gasteiger partial charge in [-0.15, -0.1) is 0 Å². The van der Waals surface area contributed by atoms with Gasteiger partial charge in [0.1, 0.15) is 6.07 Å². The molecule has 5 heteroatoms. The molecule has 0 heterocycles. The van der Waals surface area contributed by atoms with E-state index in [0.29, 0.717) is 5.56 Å². The van der Waals surface area contributed by atoms with Crippen molar-refractivity contribution in [1.29, 1.82) is 5.26 Å². The molecule has 0 saturated heterocycles. The number of benzene rings is 1. The highest BCUT2D eigenvalue weighted by Crippen LogP contribution is 2.20. The molecule has 0 saturated carbocycles. The predicted molar refractivity (Wildman–Crippen MR) is 62.0 cm³/mol. The molecule has 0 aliphatic rings. The van der Waals surface area contributed by atoms with E-state index in [4.69, 9.17) is 5.26 Å². The first-order valence-electron chi connectivity index (χ1n) is 3.59. The zero-order valence-corrected chi connectivity index (χ0v) is 10.6. The Labute approximate surface area is 102 Å². The van der Waals surface area contributed by atoms with E-state index in [2.05, 4.69) is 15.9 Å². The Hall–Kier alpha value is -0.480. The van der Waals surface area contributed by atoms with Crippen LogP contribution >= 0.6 is 38.5 Å². The number of hydrogen-bond donors (Lipinski definition) is 0. The lowest BCUT2D eigenvalue weighted by Gasteiger charge is -2.03. The van der Waals surface area contributed by atoms with E-state index < -0.39 is 5.82 Å². The Morgan fingerprint density at radius 2 is 2.29 bits per heavy atom. The summed E-state index contributed by atoms with van der Waals surface area (Å²) in [5.41, 5.74) is 0.263. The van der Waals surface area contributed by atoms with Crippen molar-refractivity contribution in [3.63, 3.8) is 0 Å². The first-order valence-corrected chi connectivity index (χ1v) is 5.79. The molecular formula is C9H4BrFINO. The van der Waals surface area contributed by atoms with E-state index in [-0.39, 0.29) is 20.2 Å². The Morgan fingerprint density at radius 3 is 2.79 bits per heavy atom. The van der Waals surface area contributed by atoms with Crippen LogP contribution in [-0.2, 0) is 0 Å². The summed E-state index contributed by atoms with van der Waals surface area (Å²) in [6.07, 6.45) is 0. The summed E-state index contributed by atoms with van der Waals surface area (Å²) in [5, 5.41) is 8.69. The Morgan fingerprint density at radius 1 is 1.64 bits per heavy atom. The van der Waals surface area contributed by atoms with Crippen molar-refractivity contribution in [2.24, 2.45) is 0 Å². The molecule has 0 N–H and O–H groups in total. The number of carbonyl (C=O) groups excluding carboxylic acids is 1. The first-order chi connectivity index (χ1) is 6.61. The molecule has 0 bridgehead atoms. The lowest BCUT2D eigenvalue weighted by molar-refractivity contribution is 0.102. The smallest absolute Gasteiger partial charge is 0.174 e. The third kappa shape index (κ3) is 2.12. The van der Waals surface area contributed by atoms with E-state index in [1.165, 1.54) is 12.1 Å². The van der Waals surface area contributed by atoms with Gasteiger partial charge in [0.2, 0.25) is 0 Å². The number of nitrogens with zero attached hydrogens (tertiary/aromatic N) is 1. The molecule has 0 atom stereocenters. The molecule has 0 fully saturated rings. The maximum atomic E-state index is 13.4. The first kappa shape index (κ1) is 11.6. The van der Waals surface area contributed by atoms with Gasteiger partial charge < -0.3 is 0 Å². The van der Waals surface area contributed by atoms with E-state index in [9.17, 15) is 9.18 Å². The SMILES string of the molecule is N#Cc1ccc(C(=O)CBr)c(I)c1F. The molecule has 0 aliphatic heterocycles. The fourth-order valence-corrected chi connectivity index (χ4v) is 2.00. The Balaban J connectivity index is 3.33.